The first kappa shape index (κ1) is 14.1. The van der Waals surface area contributed by atoms with Crippen LogP contribution in [0, 0.1) is 0 Å². The summed E-state index contributed by atoms with van der Waals surface area (Å²) in [6.45, 7) is 2.99. The van der Waals surface area contributed by atoms with Gasteiger partial charge in [0.2, 0.25) is 0 Å². The molecule has 0 saturated heterocycles. The van der Waals surface area contributed by atoms with Crippen LogP contribution in [0.5, 0.6) is 0 Å². The number of rotatable bonds is 6. The SMILES string of the molecule is CC[C@H](CO)[NH2+]Cc1ccc(-c2cccc(Cl)c2)o1. The Morgan fingerprint density at radius 2 is 2.16 bits per heavy atom. The van der Waals surface area contributed by atoms with Gasteiger partial charge in [0.05, 0.1) is 6.61 Å². The van der Waals surface area contributed by atoms with E-state index in [1.807, 2.05) is 36.4 Å². The summed E-state index contributed by atoms with van der Waals surface area (Å²) in [6, 6.07) is 11.8. The highest BCUT2D eigenvalue weighted by Gasteiger charge is 2.10. The molecule has 2 rings (SSSR count). The first-order valence-corrected chi connectivity index (χ1v) is 6.89. The number of halogens is 1. The summed E-state index contributed by atoms with van der Waals surface area (Å²) in [6.07, 6.45) is 0.943. The smallest absolute Gasteiger partial charge is 0.158 e. The fourth-order valence-electron chi connectivity index (χ4n) is 1.94. The van der Waals surface area contributed by atoms with Gasteiger partial charge in [0.15, 0.2) is 5.76 Å². The van der Waals surface area contributed by atoms with Gasteiger partial charge in [0.25, 0.3) is 0 Å². The minimum absolute atomic E-state index is 0.193. The fraction of sp³-hybridized carbons (Fsp3) is 0.333. The molecule has 0 aliphatic carbocycles. The predicted octanol–water partition coefficient (Wildman–Crippen LogP) is 2.43. The van der Waals surface area contributed by atoms with Crippen molar-refractivity contribution in [3.63, 3.8) is 0 Å². The topological polar surface area (TPSA) is 50.0 Å². The third-order valence-electron chi connectivity index (χ3n) is 3.18. The van der Waals surface area contributed by atoms with Crippen molar-refractivity contribution in [2.75, 3.05) is 6.61 Å². The molecular weight excluding hydrogens is 262 g/mol. The molecule has 0 unspecified atom stereocenters. The van der Waals surface area contributed by atoms with E-state index in [1.165, 1.54) is 0 Å². The van der Waals surface area contributed by atoms with Gasteiger partial charge in [-0.3, -0.25) is 0 Å². The first-order valence-electron chi connectivity index (χ1n) is 6.51. The molecule has 3 nitrogen and oxygen atoms in total. The van der Waals surface area contributed by atoms with Gasteiger partial charge in [-0.2, -0.15) is 0 Å². The third-order valence-corrected chi connectivity index (χ3v) is 3.42. The molecule has 4 heteroatoms. The largest absolute Gasteiger partial charge is 0.455 e. The van der Waals surface area contributed by atoms with E-state index in [-0.39, 0.29) is 12.6 Å². The van der Waals surface area contributed by atoms with Crippen molar-refractivity contribution in [1.29, 1.82) is 0 Å². The molecular formula is C15H19ClNO2+. The molecule has 0 fully saturated rings. The van der Waals surface area contributed by atoms with E-state index in [0.29, 0.717) is 5.02 Å². The predicted molar refractivity (Wildman–Crippen MR) is 75.9 cm³/mol. The van der Waals surface area contributed by atoms with Crippen molar-refractivity contribution in [2.45, 2.75) is 25.9 Å². The van der Waals surface area contributed by atoms with E-state index in [2.05, 4.69) is 12.2 Å². The van der Waals surface area contributed by atoms with Crippen LogP contribution in [0.1, 0.15) is 19.1 Å². The Labute approximate surface area is 118 Å². The molecule has 3 N–H and O–H groups in total. The van der Waals surface area contributed by atoms with Gasteiger partial charge in [-0.1, -0.05) is 30.7 Å². The molecule has 0 saturated carbocycles. The zero-order valence-electron chi connectivity index (χ0n) is 11.0. The number of quaternary nitrogens is 1. The van der Waals surface area contributed by atoms with Crippen LogP contribution in [0.15, 0.2) is 40.8 Å². The molecule has 0 radical (unpaired) electrons. The molecule has 0 spiro atoms. The van der Waals surface area contributed by atoms with Crippen LogP contribution in [-0.4, -0.2) is 17.8 Å². The standard InChI is InChI=1S/C15H18ClNO2/c1-2-13(10-18)17-9-14-6-7-15(19-14)11-4-3-5-12(16)8-11/h3-8,13,17-18H,2,9-10H2,1H3/p+1/t13-/m1/s1. The summed E-state index contributed by atoms with van der Waals surface area (Å²) in [5, 5.41) is 11.9. The molecule has 19 heavy (non-hydrogen) atoms. The second kappa shape index (κ2) is 6.75. The van der Waals surface area contributed by atoms with Crippen LogP contribution in [0.2, 0.25) is 5.02 Å². The lowest BCUT2D eigenvalue weighted by Crippen LogP contribution is -2.89. The van der Waals surface area contributed by atoms with Gasteiger partial charge in [-0.15, -0.1) is 0 Å². The lowest BCUT2D eigenvalue weighted by molar-refractivity contribution is -0.707. The zero-order valence-corrected chi connectivity index (χ0v) is 11.7. The van der Waals surface area contributed by atoms with Crippen molar-refractivity contribution in [3.05, 3.63) is 47.2 Å². The van der Waals surface area contributed by atoms with Crippen LogP contribution in [-0.2, 0) is 6.54 Å². The molecule has 1 atom stereocenters. The van der Waals surface area contributed by atoms with E-state index in [4.69, 9.17) is 21.1 Å². The maximum Gasteiger partial charge on any atom is 0.158 e. The van der Waals surface area contributed by atoms with Gasteiger partial charge < -0.3 is 14.8 Å². The Bertz CT molecular complexity index is 520. The lowest BCUT2D eigenvalue weighted by atomic mass is 10.2. The van der Waals surface area contributed by atoms with Gasteiger partial charge >= 0.3 is 0 Å². The van der Waals surface area contributed by atoms with Crippen molar-refractivity contribution in [3.8, 4) is 11.3 Å². The van der Waals surface area contributed by atoms with Gasteiger partial charge in [-0.25, -0.2) is 0 Å². The van der Waals surface area contributed by atoms with Gasteiger partial charge in [0.1, 0.15) is 18.3 Å². The van der Waals surface area contributed by atoms with Crippen LogP contribution < -0.4 is 5.32 Å². The van der Waals surface area contributed by atoms with Crippen molar-refractivity contribution >= 4 is 11.6 Å². The van der Waals surface area contributed by atoms with Gasteiger partial charge in [0, 0.05) is 10.6 Å². The molecule has 102 valence electrons. The molecule has 0 aliphatic rings. The fourth-order valence-corrected chi connectivity index (χ4v) is 2.13. The van der Waals surface area contributed by atoms with E-state index in [0.717, 1.165) is 30.0 Å². The van der Waals surface area contributed by atoms with Crippen molar-refractivity contribution in [2.24, 2.45) is 0 Å². The molecule has 2 aromatic rings. The molecule has 0 amide bonds. The first-order chi connectivity index (χ1) is 9.22. The van der Waals surface area contributed by atoms with E-state index < -0.39 is 0 Å². The Morgan fingerprint density at radius 3 is 2.84 bits per heavy atom. The molecule has 1 aromatic carbocycles. The second-order valence-corrected chi connectivity index (χ2v) is 5.00. The maximum atomic E-state index is 9.14. The highest BCUT2D eigenvalue weighted by atomic mass is 35.5. The number of nitrogens with two attached hydrogens (primary N) is 1. The summed E-state index contributed by atoms with van der Waals surface area (Å²) in [5.41, 5.74) is 0.980. The second-order valence-electron chi connectivity index (χ2n) is 4.57. The molecule has 1 heterocycles. The molecule has 0 bridgehead atoms. The summed E-state index contributed by atoms with van der Waals surface area (Å²) >= 11 is 5.97. The average Bonchev–Trinajstić information content (AvgIpc) is 2.89. The van der Waals surface area contributed by atoms with E-state index in [9.17, 15) is 0 Å². The minimum Gasteiger partial charge on any atom is -0.455 e. The number of furan rings is 1. The highest BCUT2D eigenvalue weighted by molar-refractivity contribution is 6.30. The quantitative estimate of drug-likeness (QED) is 0.854. The van der Waals surface area contributed by atoms with Crippen LogP contribution in [0.3, 0.4) is 0 Å². The average molecular weight is 281 g/mol. The van der Waals surface area contributed by atoms with Crippen molar-refractivity contribution in [1.82, 2.24) is 0 Å². The Morgan fingerprint density at radius 1 is 1.32 bits per heavy atom. The van der Waals surface area contributed by atoms with Crippen molar-refractivity contribution < 1.29 is 14.8 Å². The molecule has 0 aliphatic heterocycles. The number of aliphatic hydroxyl groups excluding tert-OH is 1. The summed E-state index contributed by atoms with van der Waals surface area (Å²) < 4.78 is 5.79. The van der Waals surface area contributed by atoms with E-state index >= 15 is 0 Å². The van der Waals surface area contributed by atoms with Crippen LogP contribution >= 0.6 is 11.6 Å². The zero-order chi connectivity index (χ0) is 13.7. The maximum absolute atomic E-state index is 9.14. The number of benzene rings is 1. The Hall–Kier alpha value is -1.29. The minimum atomic E-state index is 0.193. The monoisotopic (exact) mass is 280 g/mol. The molecule has 1 aromatic heterocycles. The highest BCUT2D eigenvalue weighted by Crippen LogP contribution is 2.24. The Kier molecular flexibility index (Phi) is 5.02. The third kappa shape index (κ3) is 3.83. The van der Waals surface area contributed by atoms with E-state index in [1.54, 1.807) is 0 Å². The summed E-state index contributed by atoms with van der Waals surface area (Å²) in [4.78, 5) is 0. The number of hydrogen-bond acceptors (Lipinski definition) is 2. The van der Waals surface area contributed by atoms with Crippen LogP contribution in [0.4, 0.5) is 0 Å². The summed E-state index contributed by atoms with van der Waals surface area (Å²) in [7, 11) is 0. The van der Waals surface area contributed by atoms with Crippen LogP contribution in [0.25, 0.3) is 11.3 Å². The number of aliphatic hydroxyl groups is 1. The lowest BCUT2D eigenvalue weighted by Gasteiger charge is -2.08. The Balaban J connectivity index is 2.03. The normalized spacial score (nSPS) is 12.6. The summed E-state index contributed by atoms with van der Waals surface area (Å²) in [5.74, 6) is 1.73. The van der Waals surface area contributed by atoms with Gasteiger partial charge in [-0.05, 0) is 30.7 Å². The number of hydrogen-bond donors (Lipinski definition) is 2.